The average Bonchev–Trinajstić information content (AvgIpc) is 3.34. The van der Waals surface area contributed by atoms with Crippen molar-refractivity contribution in [3.05, 3.63) is 59.5 Å². The number of amides is 4. The largest absolute Gasteiger partial charge is 0.468 e. The summed E-state index contributed by atoms with van der Waals surface area (Å²) in [6.07, 6.45) is 3.67. The summed E-state index contributed by atoms with van der Waals surface area (Å²) in [6, 6.07) is 10.7. The van der Waals surface area contributed by atoms with Crippen LogP contribution in [0, 0.1) is 0 Å². The van der Waals surface area contributed by atoms with Crippen molar-refractivity contribution in [2.75, 3.05) is 13.1 Å². The monoisotopic (exact) mass is 398 g/mol. The van der Waals surface area contributed by atoms with Gasteiger partial charge in [0.15, 0.2) is 0 Å². The van der Waals surface area contributed by atoms with E-state index in [0.717, 1.165) is 24.2 Å². The van der Waals surface area contributed by atoms with Crippen LogP contribution in [-0.2, 0) is 17.9 Å². The quantitative estimate of drug-likeness (QED) is 0.600. The maximum Gasteiger partial charge on any atom is 0.321 e. The fraction of sp³-hybridized carbons (Fsp3) is 0.381. The molecule has 1 aromatic carbocycles. The van der Waals surface area contributed by atoms with Crippen molar-refractivity contribution in [2.45, 2.75) is 38.9 Å². The number of carbonyl (C=O) groups excluding carboxylic acids is 3. The van der Waals surface area contributed by atoms with Crippen LogP contribution in [0.15, 0.2) is 47.1 Å². The van der Waals surface area contributed by atoms with Crippen LogP contribution in [0.4, 0.5) is 4.79 Å². The van der Waals surface area contributed by atoms with Crippen molar-refractivity contribution in [1.82, 2.24) is 20.9 Å². The van der Waals surface area contributed by atoms with Gasteiger partial charge in [-0.05, 0) is 49.6 Å². The maximum absolute atomic E-state index is 12.2. The Bertz CT molecular complexity index is 829. The second-order valence-corrected chi connectivity index (χ2v) is 7.08. The summed E-state index contributed by atoms with van der Waals surface area (Å²) in [7, 11) is 0. The van der Waals surface area contributed by atoms with Gasteiger partial charge in [-0.3, -0.25) is 19.8 Å². The van der Waals surface area contributed by atoms with Crippen molar-refractivity contribution >= 4 is 17.8 Å². The van der Waals surface area contributed by atoms with Crippen LogP contribution in [0.1, 0.15) is 41.4 Å². The Balaban J connectivity index is 1.61. The first-order valence-corrected chi connectivity index (χ1v) is 9.75. The molecule has 0 saturated heterocycles. The molecule has 0 unspecified atom stereocenters. The molecule has 8 heteroatoms. The lowest BCUT2D eigenvalue weighted by molar-refractivity contribution is -0.121. The summed E-state index contributed by atoms with van der Waals surface area (Å²) in [6.45, 7) is 3.13. The molecule has 8 nitrogen and oxygen atoms in total. The third-order valence-corrected chi connectivity index (χ3v) is 4.45. The Hall–Kier alpha value is -3.13. The van der Waals surface area contributed by atoms with E-state index in [1.165, 1.54) is 0 Å². The summed E-state index contributed by atoms with van der Waals surface area (Å²) in [4.78, 5) is 37.8. The molecule has 0 radical (unpaired) electrons. The molecule has 1 saturated carbocycles. The number of nitrogens with zero attached hydrogens (tertiary/aromatic N) is 1. The third kappa shape index (κ3) is 6.76. The molecule has 0 atom stereocenters. The molecule has 1 heterocycles. The molecule has 4 amide bonds. The van der Waals surface area contributed by atoms with Gasteiger partial charge in [-0.1, -0.05) is 12.1 Å². The second kappa shape index (κ2) is 9.88. The first-order chi connectivity index (χ1) is 14.0. The molecular weight excluding hydrogens is 372 g/mol. The number of imide groups is 1. The molecule has 2 aromatic rings. The lowest BCUT2D eigenvalue weighted by Crippen LogP contribution is -2.44. The van der Waals surface area contributed by atoms with E-state index >= 15 is 0 Å². The van der Waals surface area contributed by atoms with Crippen molar-refractivity contribution in [3.63, 3.8) is 0 Å². The predicted molar refractivity (Wildman–Crippen MR) is 107 cm³/mol. The molecule has 29 heavy (non-hydrogen) atoms. The average molecular weight is 398 g/mol. The molecule has 3 N–H and O–H groups in total. The Morgan fingerprint density at radius 1 is 1.10 bits per heavy atom. The van der Waals surface area contributed by atoms with Crippen LogP contribution in [-0.4, -0.2) is 41.9 Å². The Morgan fingerprint density at radius 2 is 1.86 bits per heavy atom. The van der Waals surface area contributed by atoms with Crippen molar-refractivity contribution in [3.8, 4) is 0 Å². The van der Waals surface area contributed by atoms with Gasteiger partial charge in [0.25, 0.3) is 5.91 Å². The molecule has 1 aliphatic carbocycles. The van der Waals surface area contributed by atoms with Crippen molar-refractivity contribution < 1.29 is 18.8 Å². The van der Waals surface area contributed by atoms with E-state index < -0.39 is 11.9 Å². The fourth-order valence-corrected chi connectivity index (χ4v) is 2.88. The normalized spacial score (nSPS) is 13.2. The van der Waals surface area contributed by atoms with E-state index in [-0.39, 0.29) is 12.5 Å². The number of furan rings is 1. The number of rotatable bonds is 9. The van der Waals surface area contributed by atoms with Crippen molar-refractivity contribution in [2.24, 2.45) is 0 Å². The number of carbonyl (C=O) groups is 3. The van der Waals surface area contributed by atoms with Gasteiger partial charge in [-0.25, -0.2) is 4.79 Å². The SMILES string of the molecule is CCNC(=O)NC(=O)CN(Cc1ccc(C(=O)NC2CC2)cc1)Cc1ccco1. The molecule has 3 rings (SSSR count). The number of benzene rings is 1. The second-order valence-electron chi connectivity index (χ2n) is 7.08. The first-order valence-electron chi connectivity index (χ1n) is 9.75. The molecular formula is C21H26N4O4. The van der Waals surface area contributed by atoms with Gasteiger partial charge < -0.3 is 15.1 Å². The summed E-state index contributed by atoms with van der Waals surface area (Å²) < 4.78 is 5.39. The summed E-state index contributed by atoms with van der Waals surface area (Å²) in [5, 5.41) is 7.81. The highest BCUT2D eigenvalue weighted by atomic mass is 16.3. The lowest BCUT2D eigenvalue weighted by Gasteiger charge is -2.21. The third-order valence-electron chi connectivity index (χ3n) is 4.45. The minimum atomic E-state index is -0.513. The molecule has 0 aliphatic heterocycles. The van der Waals surface area contributed by atoms with Gasteiger partial charge in [0.2, 0.25) is 5.91 Å². The van der Waals surface area contributed by atoms with E-state index in [0.29, 0.717) is 31.2 Å². The summed E-state index contributed by atoms with van der Waals surface area (Å²) >= 11 is 0. The van der Waals surface area contributed by atoms with Gasteiger partial charge in [-0.15, -0.1) is 0 Å². The summed E-state index contributed by atoms with van der Waals surface area (Å²) in [5.74, 6) is 0.256. The van der Waals surface area contributed by atoms with Gasteiger partial charge in [-0.2, -0.15) is 0 Å². The Kier molecular flexibility index (Phi) is 7.02. The fourth-order valence-electron chi connectivity index (χ4n) is 2.88. The van der Waals surface area contributed by atoms with Crippen LogP contribution in [0.25, 0.3) is 0 Å². The zero-order valence-electron chi connectivity index (χ0n) is 16.4. The molecule has 1 fully saturated rings. The Labute approximate surface area is 169 Å². The molecule has 0 spiro atoms. The minimum Gasteiger partial charge on any atom is -0.468 e. The number of hydrogen-bond donors (Lipinski definition) is 3. The van der Waals surface area contributed by atoms with E-state index in [1.807, 2.05) is 23.1 Å². The Morgan fingerprint density at radius 3 is 2.48 bits per heavy atom. The zero-order chi connectivity index (χ0) is 20.6. The number of hydrogen-bond acceptors (Lipinski definition) is 5. The summed E-state index contributed by atoms with van der Waals surface area (Å²) in [5.41, 5.74) is 1.57. The number of urea groups is 1. The van der Waals surface area contributed by atoms with E-state index in [4.69, 9.17) is 4.42 Å². The predicted octanol–water partition coefficient (Wildman–Crippen LogP) is 2.02. The first kappa shape index (κ1) is 20.6. The van der Waals surface area contributed by atoms with Crippen LogP contribution in [0.2, 0.25) is 0 Å². The van der Waals surface area contributed by atoms with E-state index in [2.05, 4.69) is 16.0 Å². The maximum atomic E-state index is 12.2. The zero-order valence-corrected chi connectivity index (χ0v) is 16.4. The van der Waals surface area contributed by atoms with Crippen LogP contribution < -0.4 is 16.0 Å². The highest BCUT2D eigenvalue weighted by Gasteiger charge is 2.23. The van der Waals surface area contributed by atoms with Crippen molar-refractivity contribution in [1.29, 1.82) is 0 Å². The van der Waals surface area contributed by atoms with E-state index in [9.17, 15) is 14.4 Å². The minimum absolute atomic E-state index is 0.0295. The number of nitrogens with one attached hydrogen (secondary N) is 3. The van der Waals surface area contributed by atoms with Gasteiger partial charge in [0.1, 0.15) is 5.76 Å². The molecule has 1 aromatic heterocycles. The molecule has 154 valence electrons. The topological polar surface area (TPSA) is 104 Å². The molecule has 1 aliphatic rings. The highest BCUT2D eigenvalue weighted by Crippen LogP contribution is 2.19. The van der Waals surface area contributed by atoms with Crippen LogP contribution in [0.3, 0.4) is 0 Å². The standard InChI is InChI=1S/C21H26N4O4/c1-2-22-21(28)24-19(26)14-25(13-18-4-3-11-29-18)12-15-5-7-16(8-6-15)20(27)23-17-9-10-17/h3-8,11,17H,2,9-10,12-14H2,1H3,(H,23,27)(H2,22,24,26,28). The van der Waals surface area contributed by atoms with E-state index in [1.54, 1.807) is 31.4 Å². The van der Waals surface area contributed by atoms with Gasteiger partial charge >= 0.3 is 6.03 Å². The van der Waals surface area contributed by atoms with Gasteiger partial charge in [0.05, 0.1) is 19.4 Å². The van der Waals surface area contributed by atoms with Crippen LogP contribution in [0.5, 0.6) is 0 Å². The van der Waals surface area contributed by atoms with Gasteiger partial charge in [0, 0.05) is 24.7 Å². The molecule has 0 bridgehead atoms. The lowest BCUT2D eigenvalue weighted by atomic mass is 10.1. The van der Waals surface area contributed by atoms with Crippen LogP contribution >= 0.6 is 0 Å². The highest BCUT2D eigenvalue weighted by molar-refractivity contribution is 5.95. The smallest absolute Gasteiger partial charge is 0.321 e.